The Bertz CT molecular complexity index is 617. The molecule has 0 aliphatic carbocycles. The number of nitrogens with zero attached hydrogens (tertiary/aromatic N) is 1. The summed E-state index contributed by atoms with van der Waals surface area (Å²) >= 11 is 0. The van der Waals surface area contributed by atoms with Gasteiger partial charge in [-0.05, 0) is 30.8 Å². The maximum atomic E-state index is 13.4. The predicted octanol–water partition coefficient (Wildman–Crippen LogP) is 2.75. The SMILES string of the molecule is CN(Cc1ccccc1)C1COc2ccc(F)cc2C1O. The molecule has 0 saturated carbocycles. The summed E-state index contributed by atoms with van der Waals surface area (Å²) in [5.41, 5.74) is 1.68. The average molecular weight is 287 g/mol. The van der Waals surface area contributed by atoms with Crippen LogP contribution >= 0.6 is 0 Å². The molecule has 0 bridgehead atoms. The first-order valence-electron chi connectivity index (χ1n) is 6.99. The highest BCUT2D eigenvalue weighted by atomic mass is 19.1. The zero-order valence-electron chi connectivity index (χ0n) is 11.9. The van der Waals surface area contributed by atoms with Crippen molar-refractivity contribution < 1.29 is 14.2 Å². The van der Waals surface area contributed by atoms with Crippen molar-refractivity contribution in [3.63, 3.8) is 0 Å². The quantitative estimate of drug-likeness (QED) is 0.942. The van der Waals surface area contributed by atoms with Gasteiger partial charge in [-0.2, -0.15) is 0 Å². The predicted molar refractivity (Wildman–Crippen MR) is 78.6 cm³/mol. The second-order valence-electron chi connectivity index (χ2n) is 5.41. The van der Waals surface area contributed by atoms with E-state index in [4.69, 9.17) is 4.74 Å². The Labute approximate surface area is 123 Å². The Balaban J connectivity index is 1.78. The second kappa shape index (κ2) is 5.84. The Kier molecular flexibility index (Phi) is 3.90. The molecule has 0 spiro atoms. The molecule has 3 rings (SSSR count). The Morgan fingerprint density at radius 2 is 2.00 bits per heavy atom. The number of hydrogen-bond donors (Lipinski definition) is 1. The summed E-state index contributed by atoms with van der Waals surface area (Å²) in [6, 6.07) is 14.1. The summed E-state index contributed by atoms with van der Waals surface area (Å²) in [5.74, 6) is 0.205. The third-order valence-electron chi connectivity index (χ3n) is 3.91. The number of benzene rings is 2. The topological polar surface area (TPSA) is 32.7 Å². The van der Waals surface area contributed by atoms with Gasteiger partial charge in [0.05, 0.1) is 6.04 Å². The first-order valence-corrected chi connectivity index (χ1v) is 6.99. The van der Waals surface area contributed by atoms with Crippen LogP contribution in [-0.4, -0.2) is 29.7 Å². The van der Waals surface area contributed by atoms with Gasteiger partial charge < -0.3 is 9.84 Å². The van der Waals surface area contributed by atoms with E-state index in [1.807, 2.05) is 42.3 Å². The van der Waals surface area contributed by atoms with Gasteiger partial charge in [0.15, 0.2) is 0 Å². The van der Waals surface area contributed by atoms with E-state index in [0.29, 0.717) is 24.5 Å². The second-order valence-corrected chi connectivity index (χ2v) is 5.41. The lowest BCUT2D eigenvalue weighted by molar-refractivity contribution is 0.0115. The lowest BCUT2D eigenvalue weighted by Crippen LogP contribution is -2.43. The number of halogens is 1. The molecule has 4 heteroatoms. The van der Waals surface area contributed by atoms with Gasteiger partial charge in [-0.15, -0.1) is 0 Å². The Morgan fingerprint density at radius 1 is 1.24 bits per heavy atom. The summed E-state index contributed by atoms with van der Waals surface area (Å²) < 4.78 is 19.0. The van der Waals surface area contributed by atoms with E-state index in [9.17, 15) is 9.50 Å². The minimum absolute atomic E-state index is 0.195. The van der Waals surface area contributed by atoms with Crippen LogP contribution in [0.4, 0.5) is 4.39 Å². The minimum Gasteiger partial charge on any atom is -0.491 e. The molecule has 0 radical (unpaired) electrons. The van der Waals surface area contributed by atoms with E-state index in [-0.39, 0.29) is 11.9 Å². The third-order valence-corrected chi connectivity index (χ3v) is 3.91. The van der Waals surface area contributed by atoms with Crippen LogP contribution in [-0.2, 0) is 6.54 Å². The monoisotopic (exact) mass is 287 g/mol. The summed E-state index contributed by atoms with van der Waals surface area (Å²) in [6.07, 6.45) is -0.752. The van der Waals surface area contributed by atoms with Crippen LogP contribution in [0.2, 0.25) is 0 Å². The molecule has 0 fully saturated rings. The van der Waals surface area contributed by atoms with Gasteiger partial charge in [0.25, 0.3) is 0 Å². The molecule has 2 unspecified atom stereocenters. The van der Waals surface area contributed by atoms with Crippen LogP contribution in [0.1, 0.15) is 17.2 Å². The number of aliphatic hydroxyl groups is 1. The molecular formula is C17H18FNO2. The molecule has 2 aromatic carbocycles. The lowest BCUT2D eigenvalue weighted by Gasteiger charge is -2.36. The number of ether oxygens (including phenoxy) is 1. The number of fused-ring (bicyclic) bond motifs is 1. The normalized spacial score (nSPS) is 21.0. The molecule has 3 nitrogen and oxygen atoms in total. The van der Waals surface area contributed by atoms with Crippen LogP contribution in [0.15, 0.2) is 48.5 Å². The van der Waals surface area contributed by atoms with Crippen molar-refractivity contribution in [1.82, 2.24) is 4.90 Å². The largest absolute Gasteiger partial charge is 0.491 e. The summed E-state index contributed by atoms with van der Waals surface area (Å²) in [4.78, 5) is 2.04. The molecule has 0 saturated heterocycles. The summed E-state index contributed by atoms with van der Waals surface area (Å²) in [6.45, 7) is 1.10. The highest BCUT2D eigenvalue weighted by molar-refractivity contribution is 5.38. The van der Waals surface area contributed by atoms with E-state index in [2.05, 4.69) is 0 Å². The van der Waals surface area contributed by atoms with Crippen LogP contribution in [0.3, 0.4) is 0 Å². The van der Waals surface area contributed by atoms with Crippen LogP contribution in [0.5, 0.6) is 5.75 Å². The number of rotatable bonds is 3. The van der Waals surface area contributed by atoms with Crippen molar-refractivity contribution in [2.75, 3.05) is 13.7 Å². The summed E-state index contributed by atoms with van der Waals surface area (Å²) in [5, 5.41) is 10.5. The number of aliphatic hydroxyl groups excluding tert-OH is 1. The molecule has 0 aromatic heterocycles. The molecule has 2 aromatic rings. The van der Waals surface area contributed by atoms with E-state index in [0.717, 1.165) is 5.56 Å². The average Bonchev–Trinajstić information content (AvgIpc) is 2.49. The van der Waals surface area contributed by atoms with Crippen molar-refractivity contribution in [3.8, 4) is 5.75 Å². The van der Waals surface area contributed by atoms with Crippen LogP contribution in [0, 0.1) is 5.82 Å². The maximum Gasteiger partial charge on any atom is 0.125 e. The van der Waals surface area contributed by atoms with Crippen LogP contribution < -0.4 is 4.74 Å². The minimum atomic E-state index is -0.752. The van der Waals surface area contributed by atoms with E-state index < -0.39 is 6.10 Å². The zero-order chi connectivity index (χ0) is 14.8. The van der Waals surface area contributed by atoms with E-state index >= 15 is 0 Å². The smallest absolute Gasteiger partial charge is 0.125 e. The first-order chi connectivity index (χ1) is 10.1. The third kappa shape index (κ3) is 2.91. The van der Waals surface area contributed by atoms with Gasteiger partial charge in [0.2, 0.25) is 0 Å². The van der Waals surface area contributed by atoms with Crippen molar-refractivity contribution in [2.45, 2.75) is 18.7 Å². The van der Waals surface area contributed by atoms with Gasteiger partial charge in [0.1, 0.15) is 24.3 Å². The van der Waals surface area contributed by atoms with E-state index in [1.165, 1.54) is 12.1 Å². The fourth-order valence-electron chi connectivity index (χ4n) is 2.71. The van der Waals surface area contributed by atoms with Gasteiger partial charge in [-0.25, -0.2) is 4.39 Å². The van der Waals surface area contributed by atoms with Crippen molar-refractivity contribution in [1.29, 1.82) is 0 Å². The fourth-order valence-corrected chi connectivity index (χ4v) is 2.71. The number of hydrogen-bond acceptors (Lipinski definition) is 3. The van der Waals surface area contributed by atoms with Gasteiger partial charge in [-0.1, -0.05) is 30.3 Å². The van der Waals surface area contributed by atoms with Gasteiger partial charge >= 0.3 is 0 Å². The zero-order valence-corrected chi connectivity index (χ0v) is 11.9. The highest BCUT2D eigenvalue weighted by Crippen LogP contribution is 2.34. The van der Waals surface area contributed by atoms with Gasteiger partial charge in [0, 0.05) is 12.1 Å². The molecule has 21 heavy (non-hydrogen) atoms. The molecule has 110 valence electrons. The molecule has 1 aliphatic heterocycles. The molecule has 1 heterocycles. The van der Waals surface area contributed by atoms with Crippen molar-refractivity contribution in [2.24, 2.45) is 0 Å². The fraction of sp³-hybridized carbons (Fsp3) is 0.294. The first kappa shape index (κ1) is 14.0. The molecular weight excluding hydrogens is 269 g/mol. The van der Waals surface area contributed by atoms with Crippen LogP contribution in [0.25, 0.3) is 0 Å². The molecule has 1 N–H and O–H groups in total. The van der Waals surface area contributed by atoms with E-state index in [1.54, 1.807) is 6.07 Å². The molecule has 0 amide bonds. The van der Waals surface area contributed by atoms with Crippen molar-refractivity contribution in [3.05, 3.63) is 65.5 Å². The highest BCUT2D eigenvalue weighted by Gasteiger charge is 2.32. The van der Waals surface area contributed by atoms with Gasteiger partial charge in [-0.3, -0.25) is 4.90 Å². The molecule has 2 atom stereocenters. The number of likely N-dealkylation sites (N-methyl/N-ethyl adjacent to an activating group) is 1. The van der Waals surface area contributed by atoms with Crippen molar-refractivity contribution >= 4 is 0 Å². The standard InChI is InChI=1S/C17H18FNO2/c1-19(10-12-5-3-2-4-6-12)15-11-21-16-8-7-13(18)9-14(16)17(15)20/h2-9,15,17,20H,10-11H2,1H3. The Morgan fingerprint density at radius 3 is 2.76 bits per heavy atom. The molecule has 1 aliphatic rings. The maximum absolute atomic E-state index is 13.4. The Hall–Kier alpha value is -1.91. The summed E-state index contributed by atoms with van der Waals surface area (Å²) in [7, 11) is 1.94. The lowest BCUT2D eigenvalue weighted by atomic mass is 9.97.